The third-order valence-electron chi connectivity index (χ3n) is 3.78. The molecular formula is C15H18N2O. The fourth-order valence-corrected chi connectivity index (χ4v) is 2.72. The Kier molecular flexibility index (Phi) is 2.92. The molecule has 1 aromatic carbocycles. The molecule has 0 saturated carbocycles. The number of aromatic nitrogens is 1. The van der Waals surface area contributed by atoms with Crippen LogP contribution in [0.4, 0.5) is 0 Å². The molecule has 2 aromatic rings. The van der Waals surface area contributed by atoms with Crippen LogP contribution in [0.15, 0.2) is 24.4 Å². The highest BCUT2D eigenvalue weighted by molar-refractivity contribution is 5.86. The second-order valence-corrected chi connectivity index (χ2v) is 5.18. The van der Waals surface area contributed by atoms with Crippen LogP contribution in [0.25, 0.3) is 10.9 Å². The quantitative estimate of drug-likeness (QED) is 0.848. The molecule has 0 aliphatic carbocycles. The van der Waals surface area contributed by atoms with E-state index in [2.05, 4.69) is 35.4 Å². The van der Waals surface area contributed by atoms with Crippen LogP contribution < -0.4 is 5.32 Å². The number of benzene rings is 1. The van der Waals surface area contributed by atoms with Crippen molar-refractivity contribution >= 4 is 16.7 Å². The van der Waals surface area contributed by atoms with E-state index in [0.29, 0.717) is 12.2 Å². The highest BCUT2D eigenvalue weighted by Crippen LogP contribution is 2.23. The monoisotopic (exact) mass is 242 g/mol. The fraction of sp³-hybridized carbons (Fsp3) is 0.400. The van der Waals surface area contributed by atoms with Crippen LogP contribution >= 0.6 is 0 Å². The van der Waals surface area contributed by atoms with Crippen LogP contribution in [-0.2, 0) is 11.2 Å². The maximum atomic E-state index is 11.9. The van der Waals surface area contributed by atoms with E-state index >= 15 is 0 Å². The van der Waals surface area contributed by atoms with Gasteiger partial charge in [-0.2, -0.15) is 0 Å². The molecule has 2 heterocycles. The van der Waals surface area contributed by atoms with Crippen molar-refractivity contribution in [3.63, 3.8) is 0 Å². The van der Waals surface area contributed by atoms with Crippen molar-refractivity contribution in [2.24, 2.45) is 5.92 Å². The maximum absolute atomic E-state index is 11.9. The first-order valence-electron chi connectivity index (χ1n) is 6.54. The minimum Gasteiger partial charge on any atom is -0.361 e. The Morgan fingerprint density at radius 1 is 1.39 bits per heavy atom. The SMILES string of the molecule is Cc1ccc2[nH]cc(CC3CNCCC3=O)c2c1. The van der Waals surface area contributed by atoms with Crippen LogP contribution in [0.5, 0.6) is 0 Å². The van der Waals surface area contributed by atoms with Crippen LogP contribution in [0.2, 0.25) is 0 Å². The zero-order chi connectivity index (χ0) is 12.5. The maximum Gasteiger partial charge on any atom is 0.138 e. The molecule has 1 atom stereocenters. The molecule has 1 aromatic heterocycles. The van der Waals surface area contributed by atoms with E-state index in [1.807, 2.05) is 6.20 Å². The molecule has 1 saturated heterocycles. The second kappa shape index (κ2) is 4.58. The van der Waals surface area contributed by atoms with Gasteiger partial charge in [-0.05, 0) is 31.0 Å². The van der Waals surface area contributed by atoms with Gasteiger partial charge in [-0.1, -0.05) is 11.6 Å². The highest BCUT2D eigenvalue weighted by Gasteiger charge is 2.23. The number of carbonyl (C=O) groups is 1. The van der Waals surface area contributed by atoms with Gasteiger partial charge in [0, 0.05) is 42.5 Å². The molecule has 3 heteroatoms. The lowest BCUT2D eigenvalue weighted by atomic mass is 9.91. The Morgan fingerprint density at radius 2 is 2.28 bits per heavy atom. The van der Waals surface area contributed by atoms with Crippen molar-refractivity contribution in [3.8, 4) is 0 Å². The van der Waals surface area contributed by atoms with Gasteiger partial charge in [-0.25, -0.2) is 0 Å². The number of piperidine rings is 1. The van der Waals surface area contributed by atoms with Crippen molar-refractivity contribution in [1.82, 2.24) is 10.3 Å². The number of fused-ring (bicyclic) bond motifs is 1. The van der Waals surface area contributed by atoms with Crippen LogP contribution in [0.1, 0.15) is 17.5 Å². The molecule has 1 fully saturated rings. The van der Waals surface area contributed by atoms with Gasteiger partial charge < -0.3 is 10.3 Å². The minimum absolute atomic E-state index is 0.137. The van der Waals surface area contributed by atoms with Gasteiger partial charge >= 0.3 is 0 Å². The standard InChI is InChI=1S/C15H18N2O/c1-10-2-3-14-13(6-10)11(9-17-14)7-12-8-16-5-4-15(12)18/h2-3,6,9,12,16-17H,4-5,7-8H2,1H3. The zero-order valence-corrected chi connectivity index (χ0v) is 10.6. The molecule has 2 N–H and O–H groups in total. The number of Topliss-reactive ketones (excluding diaryl/α,β-unsaturated/α-hetero) is 1. The van der Waals surface area contributed by atoms with E-state index in [-0.39, 0.29) is 5.92 Å². The summed E-state index contributed by atoms with van der Waals surface area (Å²) in [5.41, 5.74) is 3.68. The first kappa shape index (κ1) is 11.5. The predicted molar refractivity (Wildman–Crippen MR) is 72.7 cm³/mol. The number of hydrogen-bond acceptors (Lipinski definition) is 2. The van der Waals surface area contributed by atoms with Crippen molar-refractivity contribution in [2.75, 3.05) is 13.1 Å². The Bertz CT molecular complexity index is 585. The van der Waals surface area contributed by atoms with E-state index in [0.717, 1.165) is 25.0 Å². The van der Waals surface area contributed by atoms with Crippen molar-refractivity contribution < 1.29 is 4.79 Å². The molecule has 0 radical (unpaired) electrons. The molecule has 1 aliphatic heterocycles. The molecule has 0 amide bonds. The van der Waals surface area contributed by atoms with Crippen molar-refractivity contribution in [3.05, 3.63) is 35.5 Å². The smallest absolute Gasteiger partial charge is 0.138 e. The summed E-state index contributed by atoms with van der Waals surface area (Å²) in [5.74, 6) is 0.536. The lowest BCUT2D eigenvalue weighted by Gasteiger charge is -2.21. The number of aromatic amines is 1. The highest BCUT2D eigenvalue weighted by atomic mass is 16.1. The number of aryl methyl sites for hydroxylation is 1. The number of ketones is 1. The zero-order valence-electron chi connectivity index (χ0n) is 10.6. The molecule has 94 valence electrons. The normalized spacial score (nSPS) is 20.5. The number of rotatable bonds is 2. The van der Waals surface area contributed by atoms with Crippen molar-refractivity contribution in [2.45, 2.75) is 19.8 Å². The predicted octanol–water partition coefficient (Wildman–Crippen LogP) is 2.20. The summed E-state index contributed by atoms with van der Waals surface area (Å²) in [6.45, 7) is 3.75. The molecule has 18 heavy (non-hydrogen) atoms. The third-order valence-corrected chi connectivity index (χ3v) is 3.78. The van der Waals surface area contributed by atoms with Gasteiger partial charge in [0.1, 0.15) is 5.78 Å². The van der Waals surface area contributed by atoms with Crippen LogP contribution in [0.3, 0.4) is 0 Å². The van der Waals surface area contributed by atoms with Crippen LogP contribution in [0, 0.1) is 12.8 Å². The van der Waals surface area contributed by atoms with Gasteiger partial charge in [-0.15, -0.1) is 0 Å². The minimum atomic E-state index is 0.137. The van der Waals surface area contributed by atoms with Gasteiger partial charge in [0.15, 0.2) is 0 Å². The average molecular weight is 242 g/mol. The molecule has 3 nitrogen and oxygen atoms in total. The topological polar surface area (TPSA) is 44.9 Å². The lowest BCUT2D eigenvalue weighted by Crippen LogP contribution is -2.37. The van der Waals surface area contributed by atoms with Crippen LogP contribution in [-0.4, -0.2) is 23.9 Å². The van der Waals surface area contributed by atoms with E-state index < -0.39 is 0 Å². The van der Waals surface area contributed by atoms with E-state index in [1.165, 1.54) is 16.5 Å². The molecule has 1 unspecified atom stereocenters. The summed E-state index contributed by atoms with van der Waals surface area (Å²) in [4.78, 5) is 15.2. The second-order valence-electron chi connectivity index (χ2n) is 5.18. The van der Waals surface area contributed by atoms with Gasteiger partial charge in [0.2, 0.25) is 0 Å². The third kappa shape index (κ3) is 2.06. The van der Waals surface area contributed by atoms with Crippen molar-refractivity contribution in [1.29, 1.82) is 0 Å². The summed E-state index contributed by atoms with van der Waals surface area (Å²) < 4.78 is 0. The number of hydrogen-bond donors (Lipinski definition) is 2. The summed E-state index contributed by atoms with van der Waals surface area (Å²) in [7, 11) is 0. The summed E-state index contributed by atoms with van der Waals surface area (Å²) in [5, 5.41) is 4.56. The lowest BCUT2D eigenvalue weighted by molar-refractivity contribution is -0.123. The summed E-state index contributed by atoms with van der Waals surface area (Å²) >= 11 is 0. The molecule has 3 rings (SSSR count). The number of carbonyl (C=O) groups excluding carboxylic acids is 1. The fourth-order valence-electron chi connectivity index (χ4n) is 2.72. The van der Waals surface area contributed by atoms with E-state index in [4.69, 9.17) is 0 Å². The Balaban J connectivity index is 1.90. The largest absolute Gasteiger partial charge is 0.361 e. The first-order chi connectivity index (χ1) is 8.74. The average Bonchev–Trinajstić information content (AvgIpc) is 2.75. The van der Waals surface area contributed by atoms with E-state index in [9.17, 15) is 4.79 Å². The summed E-state index contributed by atoms with van der Waals surface area (Å²) in [6, 6.07) is 6.41. The first-order valence-corrected chi connectivity index (χ1v) is 6.54. The Hall–Kier alpha value is -1.61. The van der Waals surface area contributed by atoms with Gasteiger partial charge in [-0.3, -0.25) is 4.79 Å². The number of nitrogens with one attached hydrogen (secondary N) is 2. The Morgan fingerprint density at radius 3 is 3.11 bits per heavy atom. The van der Waals surface area contributed by atoms with E-state index in [1.54, 1.807) is 0 Å². The van der Waals surface area contributed by atoms with Gasteiger partial charge in [0.25, 0.3) is 0 Å². The Labute approximate surface area is 107 Å². The summed E-state index contributed by atoms with van der Waals surface area (Å²) in [6.07, 6.45) is 3.56. The molecule has 0 bridgehead atoms. The molecule has 1 aliphatic rings. The molecule has 0 spiro atoms. The molecular weight excluding hydrogens is 224 g/mol. The van der Waals surface area contributed by atoms with Gasteiger partial charge in [0.05, 0.1) is 0 Å². The number of H-pyrrole nitrogens is 1.